The summed E-state index contributed by atoms with van der Waals surface area (Å²) in [5.41, 5.74) is 4.11. The number of carbonyl (C=O) groups is 1. The van der Waals surface area contributed by atoms with E-state index in [-0.39, 0.29) is 12.0 Å². The number of benzene rings is 1. The van der Waals surface area contributed by atoms with E-state index in [4.69, 9.17) is 0 Å². The minimum absolute atomic E-state index is 0.250. The van der Waals surface area contributed by atoms with Crippen molar-refractivity contribution in [3.05, 3.63) is 47.3 Å². The van der Waals surface area contributed by atoms with Gasteiger partial charge in [0.2, 0.25) is 11.6 Å². The van der Waals surface area contributed by atoms with Gasteiger partial charge in [-0.1, -0.05) is 18.2 Å². The largest absolute Gasteiger partial charge is 0.465 e. The van der Waals surface area contributed by atoms with E-state index in [0.717, 1.165) is 0 Å². The van der Waals surface area contributed by atoms with Crippen molar-refractivity contribution in [2.24, 2.45) is 0 Å². The number of amides is 1. The first-order valence-electron chi connectivity index (χ1n) is 8.41. The molecule has 26 heavy (non-hydrogen) atoms. The summed E-state index contributed by atoms with van der Waals surface area (Å²) in [5.74, 6) is 0.806. The molecule has 0 unspecified atom stereocenters. The predicted octanol–water partition coefficient (Wildman–Crippen LogP) is 3.25. The Morgan fingerprint density at radius 2 is 2.08 bits per heavy atom. The van der Waals surface area contributed by atoms with Crippen LogP contribution in [0.5, 0.6) is 0 Å². The predicted molar refractivity (Wildman–Crippen MR) is 99.7 cm³/mol. The first-order chi connectivity index (χ1) is 12.4. The lowest BCUT2D eigenvalue weighted by atomic mass is 10.0. The average molecular weight is 354 g/mol. The monoisotopic (exact) mass is 354 g/mol. The number of carboxylic acid groups (broad SMARTS) is 1. The van der Waals surface area contributed by atoms with E-state index in [0.29, 0.717) is 18.0 Å². The van der Waals surface area contributed by atoms with E-state index >= 15 is 0 Å². The molecule has 3 rings (SSSR count). The van der Waals surface area contributed by atoms with Gasteiger partial charge in [0.15, 0.2) is 5.82 Å². The third kappa shape index (κ3) is 3.17. The zero-order chi connectivity index (χ0) is 18.8. The molecule has 0 radical (unpaired) electrons. The van der Waals surface area contributed by atoms with Crippen molar-refractivity contribution in [1.29, 1.82) is 0 Å². The molecule has 1 aromatic carbocycles. The normalized spacial score (nSPS) is 11.1. The highest BCUT2D eigenvalue weighted by Gasteiger charge is 2.24. The molecular weight excluding hydrogens is 332 g/mol. The van der Waals surface area contributed by atoms with Crippen LogP contribution in [0.25, 0.3) is 5.65 Å². The maximum absolute atomic E-state index is 11.6. The SMILES string of the molecule is Cc1cccc(CNc2nccn3c(N(C(=O)O)C(C)C)nnc23)c1C. The van der Waals surface area contributed by atoms with Crippen molar-refractivity contribution in [2.45, 2.75) is 40.3 Å². The number of anilines is 2. The van der Waals surface area contributed by atoms with Crippen molar-refractivity contribution in [3.8, 4) is 0 Å². The topological polar surface area (TPSA) is 95.7 Å². The van der Waals surface area contributed by atoms with Gasteiger partial charge in [0.25, 0.3) is 0 Å². The highest BCUT2D eigenvalue weighted by atomic mass is 16.4. The van der Waals surface area contributed by atoms with E-state index in [1.54, 1.807) is 30.6 Å². The average Bonchev–Trinajstić information content (AvgIpc) is 3.00. The molecule has 2 N–H and O–H groups in total. The molecule has 2 heterocycles. The van der Waals surface area contributed by atoms with Gasteiger partial charge < -0.3 is 10.4 Å². The number of hydrogen-bond donors (Lipinski definition) is 2. The number of nitrogens with zero attached hydrogens (tertiary/aromatic N) is 5. The third-order valence-electron chi connectivity index (χ3n) is 4.41. The number of hydrogen-bond acceptors (Lipinski definition) is 5. The molecule has 0 bridgehead atoms. The van der Waals surface area contributed by atoms with Crippen molar-refractivity contribution in [2.75, 3.05) is 10.2 Å². The molecule has 0 aliphatic rings. The van der Waals surface area contributed by atoms with Gasteiger partial charge in [-0.3, -0.25) is 4.40 Å². The van der Waals surface area contributed by atoms with Crippen LogP contribution in [0.15, 0.2) is 30.6 Å². The van der Waals surface area contributed by atoms with Gasteiger partial charge in [-0.15, -0.1) is 10.2 Å². The summed E-state index contributed by atoms with van der Waals surface area (Å²) in [6, 6.07) is 5.90. The first kappa shape index (κ1) is 17.7. The number of rotatable bonds is 5. The fraction of sp³-hybridized carbons (Fsp3) is 0.333. The lowest BCUT2D eigenvalue weighted by Gasteiger charge is -2.20. The lowest BCUT2D eigenvalue weighted by molar-refractivity contribution is 0.199. The molecule has 0 aliphatic heterocycles. The summed E-state index contributed by atoms with van der Waals surface area (Å²) in [4.78, 5) is 17.1. The Balaban J connectivity index is 1.93. The second kappa shape index (κ2) is 6.99. The quantitative estimate of drug-likeness (QED) is 0.730. The molecule has 1 amide bonds. The molecule has 8 nitrogen and oxygen atoms in total. The summed E-state index contributed by atoms with van der Waals surface area (Å²) < 4.78 is 1.63. The first-order valence-corrected chi connectivity index (χ1v) is 8.41. The van der Waals surface area contributed by atoms with E-state index < -0.39 is 6.09 Å². The van der Waals surface area contributed by atoms with E-state index in [2.05, 4.69) is 46.5 Å². The molecule has 0 aliphatic carbocycles. The Labute approximate surface area is 151 Å². The highest BCUT2D eigenvalue weighted by Crippen LogP contribution is 2.21. The molecular formula is C18H22N6O2. The van der Waals surface area contributed by atoms with Crippen LogP contribution >= 0.6 is 0 Å². The fourth-order valence-corrected chi connectivity index (χ4v) is 2.82. The van der Waals surface area contributed by atoms with Gasteiger partial charge in [0.1, 0.15) is 0 Å². The Kier molecular flexibility index (Phi) is 4.75. The second-order valence-corrected chi connectivity index (χ2v) is 6.43. The Hall–Kier alpha value is -3.16. The number of fused-ring (bicyclic) bond motifs is 1. The Morgan fingerprint density at radius 1 is 1.31 bits per heavy atom. The minimum atomic E-state index is -1.07. The molecule has 3 aromatic rings. The molecule has 136 valence electrons. The van der Waals surface area contributed by atoms with E-state index in [1.165, 1.54) is 21.6 Å². The van der Waals surface area contributed by atoms with Crippen LogP contribution < -0.4 is 10.2 Å². The van der Waals surface area contributed by atoms with Crippen LogP contribution in [0, 0.1) is 13.8 Å². The van der Waals surface area contributed by atoms with Gasteiger partial charge in [0.05, 0.1) is 0 Å². The van der Waals surface area contributed by atoms with Gasteiger partial charge in [-0.25, -0.2) is 14.7 Å². The highest BCUT2D eigenvalue weighted by molar-refractivity contribution is 5.85. The van der Waals surface area contributed by atoms with Gasteiger partial charge in [0, 0.05) is 25.0 Å². The standard InChI is InChI=1S/C18H22N6O2/c1-11(2)24(18(25)26)17-22-21-16-15(19-8-9-23(16)17)20-10-14-7-5-6-12(3)13(14)4/h5-9,11H,10H2,1-4H3,(H,19,20)(H,25,26). The number of nitrogens with one attached hydrogen (secondary N) is 1. The van der Waals surface area contributed by atoms with Crippen LogP contribution in [0.4, 0.5) is 16.6 Å². The third-order valence-corrected chi connectivity index (χ3v) is 4.41. The number of aromatic nitrogens is 4. The summed E-state index contributed by atoms with van der Waals surface area (Å²) >= 11 is 0. The summed E-state index contributed by atoms with van der Waals surface area (Å²) in [7, 11) is 0. The Morgan fingerprint density at radius 3 is 2.77 bits per heavy atom. The van der Waals surface area contributed by atoms with Gasteiger partial charge >= 0.3 is 6.09 Å². The zero-order valence-electron chi connectivity index (χ0n) is 15.3. The molecule has 0 spiro atoms. The summed E-state index contributed by atoms with van der Waals surface area (Å²) in [5, 5.41) is 21.0. The molecule has 0 atom stereocenters. The van der Waals surface area contributed by atoms with Crippen LogP contribution in [0.2, 0.25) is 0 Å². The maximum atomic E-state index is 11.6. The zero-order valence-corrected chi connectivity index (χ0v) is 15.3. The minimum Gasteiger partial charge on any atom is -0.465 e. The van der Waals surface area contributed by atoms with E-state index in [9.17, 15) is 9.90 Å². The molecule has 8 heteroatoms. The smallest absolute Gasteiger partial charge is 0.414 e. The number of aryl methyl sites for hydroxylation is 1. The molecule has 0 saturated heterocycles. The van der Waals surface area contributed by atoms with E-state index in [1.807, 2.05) is 6.07 Å². The van der Waals surface area contributed by atoms with Crippen LogP contribution in [0.3, 0.4) is 0 Å². The molecule has 2 aromatic heterocycles. The summed E-state index contributed by atoms with van der Waals surface area (Å²) in [6.45, 7) is 8.33. The van der Waals surface area contributed by atoms with Crippen LogP contribution in [-0.4, -0.2) is 36.8 Å². The second-order valence-electron chi connectivity index (χ2n) is 6.43. The van der Waals surface area contributed by atoms with Crippen LogP contribution in [-0.2, 0) is 6.54 Å². The van der Waals surface area contributed by atoms with Crippen molar-refractivity contribution in [1.82, 2.24) is 19.6 Å². The molecule has 0 fully saturated rings. The summed E-state index contributed by atoms with van der Waals surface area (Å²) in [6.07, 6.45) is 2.19. The Bertz CT molecular complexity index is 950. The van der Waals surface area contributed by atoms with Crippen molar-refractivity contribution in [3.63, 3.8) is 0 Å². The maximum Gasteiger partial charge on any atom is 0.414 e. The van der Waals surface area contributed by atoms with Gasteiger partial charge in [-0.2, -0.15) is 0 Å². The fourth-order valence-electron chi connectivity index (χ4n) is 2.82. The molecule has 0 saturated carbocycles. The van der Waals surface area contributed by atoms with Crippen molar-refractivity contribution < 1.29 is 9.90 Å². The lowest BCUT2D eigenvalue weighted by Crippen LogP contribution is -2.37. The van der Waals surface area contributed by atoms with Crippen LogP contribution in [0.1, 0.15) is 30.5 Å². The van der Waals surface area contributed by atoms with Crippen molar-refractivity contribution >= 4 is 23.5 Å². The van der Waals surface area contributed by atoms with Gasteiger partial charge in [-0.05, 0) is 44.4 Å².